The molecular formula is C14H24FNO3. The molecule has 1 heterocycles. The van der Waals surface area contributed by atoms with Gasteiger partial charge in [-0.15, -0.1) is 0 Å². The second kappa shape index (κ2) is 6.18. The number of rotatable bonds is 5. The van der Waals surface area contributed by atoms with E-state index in [2.05, 4.69) is 0 Å². The largest absolute Gasteiger partial charge is 0.481 e. The van der Waals surface area contributed by atoms with Crippen LogP contribution in [-0.4, -0.2) is 41.1 Å². The molecule has 0 radical (unpaired) electrons. The monoisotopic (exact) mass is 273 g/mol. The summed E-state index contributed by atoms with van der Waals surface area (Å²) in [6.45, 7) is 1.94. The molecule has 2 rings (SSSR count). The molecule has 4 nitrogen and oxygen atoms in total. The molecule has 0 aromatic heterocycles. The summed E-state index contributed by atoms with van der Waals surface area (Å²) in [4.78, 5) is 12.8. The number of carboxylic acids is 1. The summed E-state index contributed by atoms with van der Waals surface area (Å²) in [7, 11) is 0. The molecule has 110 valence electrons. The third-order valence-corrected chi connectivity index (χ3v) is 4.60. The highest BCUT2D eigenvalue weighted by atomic mass is 19.1. The Bertz CT molecular complexity index is 320. The fourth-order valence-electron chi connectivity index (χ4n) is 3.33. The SMILES string of the molecule is CC1CCCCC1(CC(=O)O)OC(F)N1CCCC1. The Kier molecular flexibility index (Phi) is 4.79. The maximum absolute atomic E-state index is 14.3. The molecule has 2 aliphatic rings. The minimum absolute atomic E-state index is 0.0948. The lowest BCUT2D eigenvalue weighted by atomic mass is 9.74. The lowest BCUT2D eigenvalue weighted by molar-refractivity contribution is -0.238. The number of alkyl halides is 1. The molecule has 3 atom stereocenters. The van der Waals surface area contributed by atoms with E-state index in [1.54, 1.807) is 4.90 Å². The fourth-order valence-corrected chi connectivity index (χ4v) is 3.33. The van der Waals surface area contributed by atoms with E-state index < -0.39 is 18.1 Å². The van der Waals surface area contributed by atoms with Crippen molar-refractivity contribution in [1.29, 1.82) is 0 Å². The van der Waals surface area contributed by atoms with E-state index in [0.29, 0.717) is 19.5 Å². The molecule has 0 aromatic carbocycles. The van der Waals surface area contributed by atoms with Crippen LogP contribution in [-0.2, 0) is 9.53 Å². The number of carbonyl (C=O) groups is 1. The maximum Gasteiger partial charge on any atom is 0.306 e. The number of hydrogen-bond acceptors (Lipinski definition) is 3. The molecular weight excluding hydrogens is 249 g/mol. The van der Waals surface area contributed by atoms with Crippen LogP contribution in [0.4, 0.5) is 4.39 Å². The Labute approximate surface area is 113 Å². The van der Waals surface area contributed by atoms with E-state index >= 15 is 0 Å². The first kappa shape index (κ1) is 14.7. The summed E-state index contributed by atoms with van der Waals surface area (Å²) in [6.07, 6.45) is 5.45. The van der Waals surface area contributed by atoms with Crippen LogP contribution in [0.5, 0.6) is 0 Å². The van der Waals surface area contributed by atoms with Gasteiger partial charge in [0.15, 0.2) is 0 Å². The summed E-state index contributed by atoms with van der Waals surface area (Å²) in [6, 6.07) is 0. The average Bonchev–Trinajstić information content (AvgIpc) is 2.86. The number of hydrogen-bond donors (Lipinski definition) is 1. The maximum atomic E-state index is 14.3. The Balaban J connectivity index is 2.05. The third kappa shape index (κ3) is 3.45. The van der Waals surface area contributed by atoms with Crippen LogP contribution in [0.3, 0.4) is 0 Å². The summed E-state index contributed by atoms with van der Waals surface area (Å²) in [5, 5.41) is 9.11. The van der Waals surface area contributed by atoms with Gasteiger partial charge in [0.1, 0.15) is 0 Å². The molecule has 1 saturated carbocycles. The predicted octanol–water partition coefficient (Wildman–Crippen LogP) is 2.78. The minimum Gasteiger partial charge on any atom is -0.481 e. The van der Waals surface area contributed by atoms with Gasteiger partial charge < -0.3 is 9.84 Å². The summed E-state index contributed by atoms with van der Waals surface area (Å²) in [5.74, 6) is -0.805. The van der Waals surface area contributed by atoms with Gasteiger partial charge in [-0.1, -0.05) is 19.8 Å². The van der Waals surface area contributed by atoms with Crippen molar-refractivity contribution in [3.05, 3.63) is 0 Å². The van der Waals surface area contributed by atoms with E-state index in [1.165, 1.54) is 0 Å². The molecule has 3 unspecified atom stereocenters. The molecule has 2 fully saturated rings. The van der Waals surface area contributed by atoms with Crippen LogP contribution in [0.15, 0.2) is 0 Å². The Morgan fingerprint density at radius 2 is 2.11 bits per heavy atom. The van der Waals surface area contributed by atoms with E-state index in [4.69, 9.17) is 9.84 Å². The first-order valence-electron chi connectivity index (χ1n) is 7.31. The van der Waals surface area contributed by atoms with Crippen LogP contribution in [0.25, 0.3) is 0 Å². The van der Waals surface area contributed by atoms with E-state index in [0.717, 1.165) is 32.1 Å². The van der Waals surface area contributed by atoms with Gasteiger partial charge in [0.25, 0.3) is 6.48 Å². The number of likely N-dealkylation sites (tertiary alicyclic amines) is 1. The smallest absolute Gasteiger partial charge is 0.306 e. The van der Waals surface area contributed by atoms with Crippen molar-refractivity contribution in [2.75, 3.05) is 13.1 Å². The highest BCUT2D eigenvalue weighted by Crippen LogP contribution is 2.41. The minimum atomic E-state index is -1.46. The van der Waals surface area contributed by atoms with Gasteiger partial charge in [-0.2, -0.15) is 4.39 Å². The van der Waals surface area contributed by atoms with Crippen molar-refractivity contribution in [1.82, 2.24) is 4.90 Å². The predicted molar refractivity (Wildman–Crippen MR) is 69.4 cm³/mol. The van der Waals surface area contributed by atoms with Crippen molar-refractivity contribution < 1.29 is 19.0 Å². The molecule has 1 saturated heterocycles. The molecule has 1 N–H and O–H groups in total. The fraction of sp³-hybridized carbons (Fsp3) is 0.929. The molecule has 0 spiro atoms. The van der Waals surface area contributed by atoms with Crippen LogP contribution >= 0.6 is 0 Å². The normalized spacial score (nSPS) is 34.3. The van der Waals surface area contributed by atoms with Gasteiger partial charge in [0.05, 0.1) is 12.0 Å². The standard InChI is InChI=1S/C14H24FNO3/c1-11-6-2-3-7-14(11,10-12(17)18)19-13(15)16-8-4-5-9-16/h11,13H,2-10H2,1H3,(H,17,18). The van der Waals surface area contributed by atoms with Crippen LogP contribution in [0, 0.1) is 5.92 Å². The molecule has 0 amide bonds. The second-order valence-corrected chi connectivity index (χ2v) is 5.94. The van der Waals surface area contributed by atoms with Gasteiger partial charge in [0, 0.05) is 13.1 Å². The zero-order valence-electron chi connectivity index (χ0n) is 11.6. The second-order valence-electron chi connectivity index (χ2n) is 5.94. The summed E-state index contributed by atoms with van der Waals surface area (Å²) >= 11 is 0. The zero-order chi connectivity index (χ0) is 13.9. The van der Waals surface area contributed by atoms with E-state index in [1.807, 2.05) is 6.92 Å². The number of halogens is 1. The number of nitrogens with zero attached hydrogens (tertiary/aromatic N) is 1. The number of carboxylic acid groups (broad SMARTS) is 1. The highest BCUT2D eigenvalue weighted by molar-refractivity contribution is 5.68. The molecule has 19 heavy (non-hydrogen) atoms. The lowest BCUT2D eigenvalue weighted by Gasteiger charge is -2.43. The van der Waals surface area contributed by atoms with Gasteiger partial charge in [0.2, 0.25) is 0 Å². The Morgan fingerprint density at radius 1 is 1.42 bits per heavy atom. The van der Waals surface area contributed by atoms with Gasteiger partial charge >= 0.3 is 5.97 Å². The van der Waals surface area contributed by atoms with Gasteiger partial charge in [-0.3, -0.25) is 9.69 Å². The molecule has 0 aromatic rings. The van der Waals surface area contributed by atoms with Gasteiger partial charge in [-0.05, 0) is 31.6 Å². The quantitative estimate of drug-likeness (QED) is 0.783. The number of aliphatic carboxylic acids is 1. The first-order chi connectivity index (χ1) is 9.03. The van der Waals surface area contributed by atoms with E-state index in [-0.39, 0.29) is 12.3 Å². The van der Waals surface area contributed by atoms with Crippen LogP contribution in [0.2, 0.25) is 0 Å². The molecule has 1 aliphatic heterocycles. The lowest BCUT2D eigenvalue weighted by Crippen LogP contribution is -2.49. The van der Waals surface area contributed by atoms with Crippen LogP contribution in [0.1, 0.15) is 51.9 Å². The Morgan fingerprint density at radius 3 is 2.68 bits per heavy atom. The summed E-state index contributed by atoms with van der Waals surface area (Å²) in [5.41, 5.74) is -0.827. The van der Waals surface area contributed by atoms with Crippen molar-refractivity contribution in [3.63, 3.8) is 0 Å². The molecule has 1 aliphatic carbocycles. The van der Waals surface area contributed by atoms with Crippen LogP contribution < -0.4 is 0 Å². The topological polar surface area (TPSA) is 49.8 Å². The molecule has 5 heteroatoms. The number of ether oxygens (including phenoxy) is 1. The zero-order valence-corrected chi connectivity index (χ0v) is 11.6. The molecule has 0 bridgehead atoms. The van der Waals surface area contributed by atoms with Crippen molar-refractivity contribution in [3.8, 4) is 0 Å². The summed E-state index contributed by atoms with van der Waals surface area (Å²) < 4.78 is 19.9. The first-order valence-corrected chi connectivity index (χ1v) is 7.31. The highest BCUT2D eigenvalue weighted by Gasteiger charge is 2.44. The average molecular weight is 273 g/mol. The van der Waals surface area contributed by atoms with Crippen molar-refractivity contribution in [2.45, 2.75) is 64.0 Å². The van der Waals surface area contributed by atoms with Crippen molar-refractivity contribution in [2.24, 2.45) is 5.92 Å². The van der Waals surface area contributed by atoms with E-state index in [9.17, 15) is 9.18 Å². The third-order valence-electron chi connectivity index (χ3n) is 4.60. The Hall–Kier alpha value is -0.680. The van der Waals surface area contributed by atoms with Crippen molar-refractivity contribution >= 4 is 5.97 Å². The van der Waals surface area contributed by atoms with Gasteiger partial charge in [-0.25, -0.2) is 0 Å².